The summed E-state index contributed by atoms with van der Waals surface area (Å²) in [4.78, 5) is 8.32. The van der Waals surface area contributed by atoms with Crippen LogP contribution in [0, 0.1) is 0 Å². The standard InChI is InChI=1S/C9H8N2/c1-2-6-10-9-8(4-1)5-3-7-11-9/h1,3-7H,2H2. The Morgan fingerprint density at radius 1 is 1.36 bits per heavy atom. The van der Waals surface area contributed by atoms with E-state index in [-0.39, 0.29) is 0 Å². The SMILES string of the molecule is C1=Cc2cccnc2N=CC1. The molecule has 0 radical (unpaired) electrons. The Balaban J connectivity index is 2.58. The van der Waals surface area contributed by atoms with E-state index in [9.17, 15) is 0 Å². The fourth-order valence-corrected chi connectivity index (χ4v) is 1.04. The molecule has 1 aromatic rings. The average molecular weight is 144 g/mol. The largest absolute Gasteiger partial charge is 0.241 e. The molecule has 2 heteroatoms. The molecule has 1 aliphatic rings. The van der Waals surface area contributed by atoms with Crippen LogP contribution in [0.4, 0.5) is 5.82 Å². The highest BCUT2D eigenvalue weighted by Crippen LogP contribution is 2.18. The van der Waals surface area contributed by atoms with E-state index < -0.39 is 0 Å². The van der Waals surface area contributed by atoms with Crippen molar-refractivity contribution < 1.29 is 0 Å². The third-order valence-corrected chi connectivity index (χ3v) is 1.57. The van der Waals surface area contributed by atoms with Gasteiger partial charge in [0, 0.05) is 24.4 Å². The number of hydrogen-bond donors (Lipinski definition) is 0. The molecule has 0 amide bonds. The van der Waals surface area contributed by atoms with Gasteiger partial charge in [-0.1, -0.05) is 12.2 Å². The minimum Gasteiger partial charge on any atom is -0.241 e. The number of rotatable bonds is 0. The summed E-state index contributed by atoms with van der Waals surface area (Å²) in [5.74, 6) is 0.821. The quantitative estimate of drug-likeness (QED) is 0.548. The summed E-state index contributed by atoms with van der Waals surface area (Å²) in [5.41, 5.74) is 1.10. The lowest BCUT2D eigenvalue weighted by molar-refractivity contribution is 1.27. The van der Waals surface area contributed by atoms with Crippen molar-refractivity contribution in [2.75, 3.05) is 0 Å². The fraction of sp³-hybridized carbons (Fsp3) is 0.111. The van der Waals surface area contributed by atoms with Gasteiger partial charge < -0.3 is 0 Å². The Morgan fingerprint density at radius 2 is 2.36 bits per heavy atom. The number of aliphatic imine (C=N–C) groups is 1. The maximum absolute atomic E-state index is 4.19. The Morgan fingerprint density at radius 3 is 3.36 bits per heavy atom. The van der Waals surface area contributed by atoms with Crippen LogP contribution in [0.3, 0.4) is 0 Å². The van der Waals surface area contributed by atoms with Crippen LogP contribution >= 0.6 is 0 Å². The van der Waals surface area contributed by atoms with Gasteiger partial charge in [0.1, 0.15) is 0 Å². The highest BCUT2D eigenvalue weighted by Gasteiger charge is 1.97. The molecule has 2 nitrogen and oxygen atoms in total. The van der Waals surface area contributed by atoms with Gasteiger partial charge in [0.2, 0.25) is 0 Å². The number of nitrogens with zero attached hydrogens (tertiary/aromatic N) is 2. The lowest BCUT2D eigenvalue weighted by Crippen LogP contribution is -1.76. The van der Waals surface area contributed by atoms with Crippen molar-refractivity contribution >= 4 is 18.1 Å². The molecule has 0 spiro atoms. The van der Waals surface area contributed by atoms with E-state index in [4.69, 9.17) is 0 Å². The third-order valence-electron chi connectivity index (χ3n) is 1.57. The van der Waals surface area contributed by atoms with E-state index in [0.717, 1.165) is 17.8 Å². The molecule has 0 bridgehead atoms. The van der Waals surface area contributed by atoms with Gasteiger partial charge in [0.15, 0.2) is 5.82 Å². The molecule has 0 unspecified atom stereocenters. The second-order valence-corrected chi connectivity index (χ2v) is 2.37. The molecule has 0 N–H and O–H groups in total. The molecular weight excluding hydrogens is 136 g/mol. The van der Waals surface area contributed by atoms with Crippen LogP contribution in [0.25, 0.3) is 6.08 Å². The van der Waals surface area contributed by atoms with E-state index in [0.29, 0.717) is 0 Å². The zero-order valence-corrected chi connectivity index (χ0v) is 6.07. The monoisotopic (exact) mass is 144 g/mol. The summed E-state index contributed by atoms with van der Waals surface area (Å²) >= 11 is 0. The molecular formula is C9H8N2. The molecule has 2 rings (SSSR count). The van der Waals surface area contributed by atoms with Crippen molar-refractivity contribution in [1.29, 1.82) is 0 Å². The first-order valence-electron chi connectivity index (χ1n) is 3.61. The summed E-state index contributed by atoms with van der Waals surface area (Å²) < 4.78 is 0. The number of allylic oxidation sites excluding steroid dienone is 1. The van der Waals surface area contributed by atoms with E-state index in [1.807, 2.05) is 18.3 Å². The molecule has 2 heterocycles. The summed E-state index contributed by atoms with van der Waals surface area (Å²) in [5, 5.41) is 0. The topological polar surface area (TPSA) is 25.2 Å². The van der Waals surface area contributed by atoms with Gasteiger partial charge in [-0.15, -0.1) is 0 Å². The van der Waals surface area contributed by atoms with Crippen molar-refractivity contribution in [3.63, 3.8) is 0 Å². The van der Waals surface area contributed by atoms with Gasteiger partial charge in [-0.25, -0.2) is 9.98 Å². The molecule has 11 heavy (non-hydrogen) atoms. The highest BCUT2D eigenvalue weighted by molar-refractivity contribution is 5.73. The smallest absolute Gasteiger partial charge is 0.158 e. The molecule has 0 fully saturated rings. The summed E-state index contributed by atoms with van der Waals surface area (Å²) in [6.07, 6.45) is 8.66. The Labute approximate surface area is 65.3 Å². The van der Waals surface area contributed by atoms with E-state index in [1.165, 1.54) is 0 Å². The van der Waals surface area contributed by atoms with Crippen molar-refractivity contribution in [3.05, 3.63) is 30.0 Å². The first-order chi connectivity index (χ1) is 5.47. The van der Waals surface area contributed by atoms with Crippen LogP contribution in [0.1, 0.15) is 12.0 Å². The van der Waals surface area contributed by atoms with Gasteiger partial charge in [-0.3, -0.25) is 0 Å². The lowest BCUT2D eigenvalue weighted by atomic mass is 10.2. The second-order valence-electron chi connectivity index (χ2n) is 2.37. The van der Waals surface area contributed by atoms with Gasteiger partial charge in [-0.2, -0.15) is 0 Å². The number of aromatic nitrogens is 1. The second kappa shape index (κ2) is 2.66. The van der Waals surface area contributed by atoms with Crippen LogP contribution in [-0.2, 0) is 0 Å². The Bertz CT molecular complexity index is 282. The van der Waals surface area contributed by atoms with Crippen molar-refractivity contribution in [2.24, 2.45) is 4.99 Å². The predicted molar refractivity (Wildman–Crippen MR) is 46.0 cm³/mol. The van der Waals surface area contributed by atoms with E-state index in [2.05, 4.69) is 22.1 Å². The predicted octanol–water partition coefficient (Wildman–Crippen LogP) is 2.20. The van der Waals surface area contributed by atoms with Gasteiger partial charge in [0.25, 0.3) is 0 Å². The molecule has 1 aromatic heterocycles. The maximum Gasteiger partial charge on any atom is 0.158 e. The highest BCUT2D eigenvalue weighted by atomic mass is 14.9. The lowest BCUT2D eigenvalue weighted by Gasteiger charge is -1.94. The molecule has 0 saturated heterocycles. The average Bonchev–Trinajstić information content (AvgIpc) is 2.28. The number of hydrogen-bond acceptors (Lipinski definition) is 2. The van der Waals surface area contributed by atoms with Crippen molar-refractivity contribution in [2.45, 2.75) is 6.42 Å². The molecule has 1 aliphatic heterocycles. The molecule has 0 saturated carbocycles. The normalized spacial score (nSPS) is 14.2. The third kappa shape index (κ3) is 1.19. The number of fused-ring (bicyclic) bond motifs is 1. The summed E-state index contributed by atoms with van der Waals surface area (Å²) in [7, 11) is 0. The zero-order chi connectivity index (χ0) is 7.52. The van der Waals surface area contributed by atoms with Gasteiger partial charge in [-0.05, 0) is 12.1 Å². The molecule has 0 aliphatic carbocycles. The van der Waals surface area contributed by atoms with Crippen LogP contribution in [0.2, 0.25) is 0 Å². The van der Waals surface area contributed by atoms with E-state index in [1.54, 1.807) is 6.20 Å². The Hall–Kier alpha value is -1.44. The van der Waals surface area contributed by atoms with E-state index >= 15 is 0 Å². The van der Waals surface area contributed by atoms with Gasteiger partial charge in [0.05, 0.1) is 0 Å². The number of pyridine rings is 1. The van der Waals surface area contributed by atoms with Crippen LogP contribution in [0.15, 0.2) is 29.4 Å². The first kappa shape index (κ1) is 6.28. The van der Waals surface area contributed by atoms with Crippen LogP contribution in [-0.4, -0.2) is 11.2 Å². The van der Waals surface area contributed by atoms with Crippen LogP contribution in [0.5, 0.6) is 0 Å². The van der Waals surface area contributed by atoms with Crippen molar-refractivity contribution in [1.82, 2.24) is 4.98 Å². The Kier molecular flexibility index (Phi) is 1.52. The minimum atomic E-state index is 0.821. The maximum atomic E-state index is 4.19. The zero-order valence-electron chi connectivity index (χ0n) is 6.07. The minimum absolute atomic E-state index is 0.821. The summed E-state index contributed by atoms with van der Waals surface area (Å²) in [6, 6.07) is 3.94. The fourth-order valence-electron chi connectivity index (χ4n) is 1.04. The van der Waals surface area contributed by atoms with Gasteiger partial charge >= 0.3 is 0 Å². The molecule has 0 atom stereocenters. The summed E-state index contributed by atoms with van der Waals surface area (Å²) in [6.45, 7) is 0. The molecule has 54 valence electrons. The van der Waals surface area contributed by atoms with Crippen molar-refractivity contribution in [3.8, 4) is 0 Å². The van der Waals surface area contributed by atoms with Crippen LogP contribution < -0.4 is 0 Å². The first-order valence-corrected chi connectivity index (χ1v) is 3.61. The molecule has 0 aromatic carbocycles.